The number of aromatic amines is 1. The summed E-state index contributed by atoms with van der Waals surface area (Å²) in [7, 11) is 0. The number of carbonyl (C=O) groups excluding carboxylic acids is 1. The van der Waals surface area contributed by atoms with Crippen molar-refractivity contribution in [3.63, 3.8) is 0 Å². The van der Waals surface area contributed by atoms with Crippen LogP contribution in [0.1, 0.15) is 59.2 Å². The molecule has 4 bridgehead atoms. The van der Waals surface area contributed by atoms with Crippen LogP contribution in [-0.4, -0.2) is 28.5 Å². The summed E-state index contributed by atoms with van der Waals surface area (Å²) in [6.07, 6.45) is 9.55. The van der Waals surface area contributed by atoms with Crippen molar-refractivity contribution in [1.82, 2.24) is 10.3 Å². The highest BCUT2D eigenvalue weighted by atomic mass is 16.4. The minimum Gasteiger partial charge on any atom is -0.478 e. The summed E-state index contributed by atoms with van der Waals surface area (Å²) in [6, 6.07) is 5.06. The first-order valence-electron chi connectivity index (χ1n) is 9.64. The molecule has 6 rings (SSSR count). The minimum atomic E-state index is -1.06. The summed E-state index contributed by atoms with van der Waals surface area (Å²) in [5, 5.41) is 13.4. The molecule has 0 atom stereocenters. The third-order valence-electron chi connectivity index (χ3n) is 6.96. The Labute approximate surface area is 152 Å². The van der Waals surface area contributed by atoms with Gasteiger partial charge in [0.05, 0.1) is 11.1 Å². The maximum Gasteiger partial charge on any atom is 0.336 e. The molecule has 4 aliphatic carbocycles. The largest absolute Gasteiger partial charge is 0.478 e. The number of H-pyrrole nitrogens is 1. The molecule has 5 nitrogen and oxygen atoms in total. The Balaban J connectivity index is 1.38. The number of aromatic carboxylic acids is 1. The Morgan fingerprint density at radius 2 is 1.73 bits per heavy atom. The number of hydrogen-bond donors (Lipinski definition) is 3. The average Bonchev–Trinajstić information content (AvgIpc) is 3.05. The molecule has 1 aromatic carbocycles. The molecule has 0 saturated heterocycles. The lowest BCUT2D eigenvalue weighted by atomic mass is 9.49. The molecule has 3 N–H and O–H groups in total. The molecular weight excluding hydrogens is 328 g/mol. The van der Waals surface area contributed by atoms with Gasteiger partial charge in [-0.1, -0.05) is 0 Å². The van der Waals surface area contributed by atoms with Crippen LogP contribution in [0.15, 0.2) is 24.4 Å². The van der Waals surface area contributed by atoms with Gasteiger partial charge in [-0.2, -0.15) is 0 Å². The summed E-state index contributed by atoms with van der Waals surface area (Å²) >= 11 is 0. The van der Waals surface area contributed by atoms with E-state index in [2.05, 4.69) is 10.3 Å². The van der Waals surface area contributed by atoms with Crippen LogP contribution in [0.5, 0.6) is 0 Å². The molecule has 1 aromatic heterocycles. The molecule has 26 heavy (non-hydrogen) atoms. The number of rotatable bonds is 4. The lowest BCUT2D eigenvalue weighted by Crippen LogP contribution is -2.51. The van der Waals surface area contributed by atoms with Crippen molar-refractivity contribution < 1.29 is 14.7 Å². The highest BCUT2D eigenvalue weighted by Crippen LogP contribution is 2.59. The molecule has 4 aliphatic rings. The van der Waals surface area contributed by atoms with Crippen LogP contribution in [0, 0.1) is 23.2 Å². The van der Waals surface area contributed by atoms with E-state index in [0.717, 1.165) is 28.7 Å². The Kier molecular flexibility index (Phi) is 3.43. The molecule has 1 amide bonds. The molecule has 0 spiro atoms. The maximum absolute atomic E-state index is 12.8. The summed E-state index contributed by atoms with van der Waals surface area (Å²) in [5.41, 5.74) is 1.34. The summed E-state index contributed by atoms with van der Waals surface area (Å²) in [6.45, 7) is 0.678. The Bertz CT molecular complexity index is 863. The van der Waals surface area contributed by atoms with Crippen LogP contribution in [0.2, 0.25) is 0 Å². The van der Waals surface area contributed by atoms with Gasteiger partial charge in [0.15, 0.2) is 0 Å². The lowest BCUT2D eigenvalue weighted by molar-refractivity contribution is -0.0503. The molecule has 0 radical (unpaired) electrons. The van der Waals surface area contributed by atoms with E-state index in [4.69, 9.17) is 0 Å². The predicted octanol–water partition coefficient (Wildman–Crippen LogP) is 3.81. The first-order valence-corrected chi connectivity index (χ1v) is 9.64. The number of hydrogen-bond acceptors (Lipinski definition) is 2. The van der Waals surface area contributed by atoms with Crippen LogP contribution in [0.3, 0.4) is 0 Å². The zero-order valence-corrected chi connectivity index (χ0v) is 14.8. The summed E-state index contributed by atoms with van der Waals surface area (Å²) in [5.74, 6) is 1.18. The van der Waals surface area contributed by atoms with Crippen LogP contribution in [0.4, 0.5) is 0 Å². The van der Waals surface area contributed by atoms with Gasteiger partial charge < -0.3 is 15.4 Å². The Morgan fingerprint density at radius 3 is 2.35 bits per heavy atom. The zero-order chi connectivity index (χ0) is 17.9. The molecule has 0 unspecified atom stereocenters. The molecule has 4 saturated carbocycles. The first kappa shape index (κ1) is 15.9. The van der Waals surface area contributed by atoms with Crippen molar-refractivity contribution >= 4 is 22.8 Å². The van der Waals surface area contributed by atoms with Crippen molar-refractivity contribution in [2.45, 2.75) is 38.5 Å². The third kappa shape index (κ3) is 2.52. The van der Waals surface area contributed by atoms with E-state index in [1.807, 2.05) is 6.07 Å². The average molecular weight is 352 g/mol. The summed E-state index contributed by atoms with van der Waals surface area (Å²) in [4.78, 5) is 27.5. The van der Waals surface area contributed by atoms with Gasteiger partial charge in [-0.05, 0) is 79.9 Å². The minimum absolute atomic E-state index is 0.0695. The number of aromatic nitrogens is 1. The van der Waals surface area contributed by atoms with Gasteiger partial charge in [0.2, 0.25) is 0 Å². The maximum atomic E-state index is 12.8. The van der Waals surface area contributed by atoms with Gasteiger partial charge >= 0.3 is 5.97 Å². The second kappa shape index (κ2) is 5.60. The lowest BCUT2D eigenvalue weighted by Gasteiger charge is -2.56. The van der Waals surface area contributed by atoms with Crippen LogP contribution in [-0.2, 0) is 0 Å². The van der Waals surface area contributed by atoms with Gasteiger partial charge in [0.1, 0.15) is 0 Å². The van der Waals surface area contributed by atoms with Crippen LogP contribution in [0.25, 0.3) is 10.9 Å². The van der Waals surface area contributed by atoms with E-state index in [0.29, 0.717) is 6.54 Å². The highest BCUT2D eigenvalue weighted by Gasteiger charge is 2.50. The summed E-state index contributed by atoms with van der Waals surface area (Å²) < 4.78 is 0. The Morgan fingerprint density at radius 1 is 1.08 bits per heavy atom. The topological polar surface area (TPSA) is 82.2 Å². The van der Waals surface area contributed by atoms with Crippen molar-refractivity contribution in [2.75, 3.05) is 6.54 Å². The molecule has 2 aromatic rings. The van der Waals surface area contributed by atoms with Crippen LogP contribution < -0.4 is 5.32 Å². The van der Waals surface area contributed by atoms with Gasteiger partial charge in [-0.15, -0.1) is 0 Å². The van der Waals surface area contributed by atoms with Gasteiger partial charge in [0, 0.05) is 23.6 Å². The van der Waals surface area contributed by atoms with Crippen molar-refractivity contribution in [3.05, 3.63) is 35.5 Å². The van der Waals surface area contributed by atoms with Crippen molar-refractivity contribution in [3.8, 4) is 0 Å². The second-order valence-corrected chi connectivity index (χ2v) is 8.87. The fourth-order valence-electron chi connectivity index (χ4n) is 6.33. The number of carboxylic acid groups (broad SMARTS) is 1. The smallest absolute Gasteiger partial charge is 0.336 e. The normalized spacial score (nSPS) is 32.1. The van der Waals surface area contributed by atoms with Gasteiger partial charge in [-0.3, -0.25) is 4.79 Å². The van der Waals surface area contributed by atoms with E-state index in [9.17, 15) is 14.7 Å². The molecule has 136 valence electrons. The van der Waals surface area contributed by atoms with Gasteiger partial charge in [0.25, 0.3) is 5.91 Å². The van der Waals surface area contributed by atoms with E-state index >= 15 is 0 Å². The molecule has 1 heterocycles. The van der Waals surface area contributed by atoms with E-state index in [-0.39, 0.29) is 22.4 Å². The van der Waals surface area contributed by atoms with Crippen molar-refractivity contribution in [2.24, 2.45) is 23.2 Å². The number of benzene rings is 1. The number of fused-ring (bicyclic) bond motifs is 1. The third-order valence-corrected chi connectivity index (χ3v) is 6.96. The number of carboxylic acids is 1. The van der Waals surface area contributed by atoms with Gasteiger partial charge in [-0.25, -0.2) is 4.79 Å². The first-order chi connectivity index (χ1) is 12.5. The molecular formula is C21H24N2O3. The Hall–Kier alpha value is -2.30. The van der Waals surface area contributed by atoms with Crippen molar-refractivity contribution in [1.29, 1.82) is 0 Å². The number of carbonyl (C=O) groups is 2. The number of amides is 1. The number of nitrogens with one attached hydrogen (secondary N) is 2. The molecule has 0 aliphatic heterocycles. The standard InChI is InChI=1S/C21H24N2O3/c24-19(16-7-18-15(1-2-22-18)6-17(16)20(25)26)23-11-21-8-12-3-13(9-21)5-14(4-12)10-21/h1-2,6-7,12-14,22H,3-5,8-11H2,(H,23,24)(H,25,26). The highest BCUT2D eigenvalue weighted by molar-refractivity contribution is 6.08. The van der Waals surface area contributed by atoms with Crippen LogP contribution >= 0.6 is 0 Å². The fraction of sp³-hybridized carbons (Fsp3) is 0.524. The predicted molar refractivity (Wildman–Crippen MR) is 98.2 cm³/mol. The SMILES string of the molecule is O=C(O)c1cc2cc[nH]c2cc1C(=O)NCC12CC3CC(CC(C3)C1)C2. The quantitative estimate of drug-likeness (QED) is 0.782. The van der Waals surface area contributed by atoms with E-state index in [1.54, 1.807) is 18.3 Å². The molecule has 5 heteroatoms. The monoisotopic (exact) mass is 352 g/mol. The molecule has 4 fully saturated rings. The zero-order valence-electron chi connectivity index (χ0n) is 14.8. The van der Waals surface area contributed by atoms with E-state index in [1.165, 1.54) is 38.5 Å². The second-order valence-electron chi connectivity index (χ2n) is 8.87. The fourth-order valence-corrected chi connectivity index (χ4v) is 6.33. The van der Waals surface area contributed by atoms with E-state index < -0.39 is 5.97 Å².